The molecule has 1 N–H and O–H groups in total. The van der Waals surface area contributed by atoms with Gasteiger partial charge in [0.1, 0.15) is 0 Å². The lowest BCUT2D eigenvalue weighted by Crippen LogP contribution is -2.10. The van der Waals surface area contributed by atoms with E-state index in [1.807, 2.05) is 30.3 Å². The zero-order valence-corrected chi connectivity index (χ0v) is 17.6. The molecule has 0 amide bonds. The molecule has 0 saturated heterocycles. The lowest BCUT2D eigenvalue weighted by Gasteiger charge is -2.08. The van der Waals surface area contributed by atoms with Crippen LogP contribution in [0.4, 0.5) is 17.2 Å². The molecule has 0 spiro atoms. The van der Waals surface area contributed by atoms with Gasteiger partial charge >= 0.3 is 0 Å². The van der Waals surface area contributed by atoms with Crippen molar-refractivity contribution in [2.75, 3.05) is 5.32 Å². The Kier molecular flexibility index (Phi) is 5.11. The van der Waals surface area contributed by atoms with Crippen molar-refractivity contribution >= 4 is 56.6 Å². The van der Waals surface area contributed by atoms with Crippen molar-refractivity contribution in [3.63, 3.8) is 0 Å². The van der Waals surface area contributed by atoms with Crippen LogP contribution in [0.15, 0.2) is 67.1 Å². The summed E-state index contributed by atoms with van der Waals surface area (Å²) in [6.07, 6.45) is 3.15. The average molecular weight is 460 g/mol. The first kappa shape index (κ1) is 20.5. The normalized spacial score (nSPS) is 11.1. The van der Waals surface area contributed by atoms with Crippen LogP contribution in [0.3, 0.4) is 0 Å². The zero-order chi connectivity index (χ0) is 22.9. The summed E-state index contributed by atoms with van der Waals surface area (Å²) in [4.78, 5) is 40.3. The summed E-state index contributed by atoms with van der Waals surface area (Å²) in [6.45, 7) is -0.0708. The van der Waals surface area contributed by atoms with Gasteiger partial charge in [-0.15, -0.1) is 0 Å². The monoisotopic (exact) mass is 459 g/mol. The molecular weight excluding hydrogens is 446 g/mol. The lowest BCUT2D eigenvalue weighted by atomic mass is 10.1. The number of para-hydroxylation sites is 1. The van der Waals surface area contributed by atoms with Gasteiger partial charge in [0.2, 0.25) is 5.28 Å². The minimum Gasteiger partial charge on any atom is -0.337 e. The van der Waals surface area contributed by atoms with E-state index in [9.17, 15) is 14.9 Å². The molecule has 0 bridgehead atoms. The van der Waals surface area contributed by atoms with E-state index in [-0.39, 0.29) is 23.3 Å². The number of hydrogen-bond donors (Lipinski definition) is 1. The third-order valence-electron chi connectivity index (χ3n) is 5.00. The number of ketones is 1. The molecule has 2 aromatic carbocycles. The van der Waals surface area contributed by atoms with Gasteiger partial charge in [0.25, 0.3) is 5.69 Å². The second kappa shape index (κ2) is 8.24. The van der Waals surface area contributed by atoms with E-state index in [2.05, 4.69) is 25.3 Å². The molecule has 0 unspecified atom stereocenters. The first-order valence-corrected chi connectivity index (χ1v) is 10.1. The van der Waals surface area contributed by atoms with Gasteiger partial charge in [0, 0.05) is 23.1 Å². The van der Waals surface area contributed by atoms with Crippen molar-refractivity contribution in [3.05, 3.63) is 88.1 Å². The summed E-state index contributed by atoms with van der Waals surface area (Å²) < 4.78 is 1.55. The summed E-state index contributed by atoms with van der Waals surface area (Å²) in [5.74, 6) is 0.121. The molecule has 162 valence electrons. The van der Waals surface area contributed by atoms with Crippen molar-refractivity contribution in [1.82, 2.24) is 24.5 Å². The molecule has 11 heteroatoms. The number of hydrogen-bond acceptors (Lipinski definition) is 8. The third kappa shape index (κ3) is 4.06. The molecule has 33 heavy (non-hydrogen) atoms. The average Bonchev–Trinajstić information content (AvgIpc) is 3.21. The Bertz CT molecular complexity index is 1530. The van der Waals surface area contributed by atoms with Crippen LogP contribution in [0, 0.1) is 10.1 Å². The van der Waals surface area contributed by atoms with Crippen molar-refractivity contribution < 1.29 is 9.72 Å². The summed E-state index contributed by atoms with van der Waals surface area (Å²) in [5.41, 5.74) is 2.62. The van der Waals surface area contributed by atoms with Gasteiger partial charge in [-0.2, -0.15) is 9.97 Å². The van der Waals surface area contributed by atoms with Crippen LogP contribution in [0.1, 0.15) is 10.4 Å². The molecule has 3 heterocycles. The predicted molar refractivity (Wildman–Crippen MR) is 123 cm³/mol. The highest BCUT2D eigenvalue weighted by atomic mass is 35.5. The number of carbonyl (C=O) groups is 1. The largest absolute Gasteiger partial charge is 0.337 e. The Morgan fingerprint density at radius 2 is 1.88 bits per heavy atom. The summed E-state index contributed by atoms with van der Waals surface area (Å²) in [6, 6.07) is 15.1. The predicted octanol–water partition coefficient (Wildman–Crippen LogP) is 4.56. The summed E-state index contributed by atoms with van der Waals surface area (Å²) in [5, 5.41) is 14.9. The maximum absolute atomic E-state index is 12.7. The highest BCUT2D eigenvalue weighted by Gasteiger charge is 2.16. The van der Waals surface area contributed by atoms with Gasteiger partial charge < -0.3 is 9.88 Å². The minimum absolute atomic E-state index is 0.0108. The number of benzene rings is 2. The molecule has 5 rings (SSSR count). The molecule has 5 aromatic rings. The van der Waals surface area contributed by atoms with E-state index in [0.29, 0.717) is 28.2 Å². The molecule has 0 atom stereocenters. The van der Waals surface area contributed by atoms with Crippen LogP contribution >= 0.6 is 11.6 Å². The Morgan fingerprint density at radius 3 is 2.67 bits per heavy atom. The summed E-state index contributed by atoms with van der Waals surface area (Å²) in [7, 11) is 0. The Hall–Kier alpha value is -4.44. The second-order valence-corrected chi connectivity index (χ2v) is 7.49. The Morgan fingerprint density at radius 1 is 1.09 bits per heavy atom. The molecule has 0 aliphatic rings. The fourth-order valence-corrected chi connectivity index (χ4v) is 3.58. The van der Waals surface area contributed by atoms with E-state index in [1.54, 1.807) is 10.8 Å². The fourth-order valence-electron chi connectivity index (χ4n) is 3.41. The number of nitrogens with one attached hydrogen (secondary N) is 1. The van der Waals surface area contributed by atoms with E-state index in [1.165, 1.54) is 30.6 Å². The van der Waals surface area contributed by atoms with Crippen molar-refractivity contribution in [2.45, 2.75) is 6.54 Å². The van der Waals surface area contributed by atoms with E-state index in [4.69, 9.17) is 11.6 Å². The standard InChI is InChI=1S/C22H14ClN7O3/c23-22-27-20(26-15-9-14-3-1-2-4-17(14)24-10-15)19-21(28-22)29(12-25-19)11-18(31)13-5-7-16(8-6-13)30(32)33/h1-10,12H,11H2,(H,26,27,28). The molecule has 0 fully saturated rings. The molecule has 3 aromatic heterocycles. The van der Waals surface area contributed by atoms with Gasteiger partial charge in [-0.05, 0) is 35.9 Å². The van der Waals surface area contributed by atoms with E-state index >= 15 is 0 Å². The number of nitro groups is 1. The van der Waals surface area contributed by atoms with Crippen LogP contribution in [-0.4, -0.2) is 35.2 Å². The number of pyridine rings is 1. The number of imidazole rings is 1. The number of halogens is 1. The van der Waals surface area contributed by atoms with Gasteiger partial charge in [-0.1, -0.05) is 18.2 Å². The Balaban J connectivity index is 1.44. The number of rotatable bonds is 6. The van der Waals surface area contributed by atoms with E-state index in [0.717, 1.165) is 10.9 Å². The SMILES string of the molecule is O=C(Cn1cnc2c(Nc3cnc4ccccc4c3)nc(Cl)nc21)c1ccc([N+](=O)[O-])cc1. The molecular formula is C22H14ClN7O3. The molecule has 0 radical (unpaired) electrons. The smallest absolute Gasteiger partial charge is 0.269 e. The van der Waals surface area contributed by atoms with Crippen molar-refractivity contribution in [3.8, 4) is 0 Å². The molecule has 10 nitrogen and oxygen atoms in total. The molecule has 0 aliphatic carbocycles. The first-order chi connectivity index (χ1) is 16.0. The number of anilines is 2. The number of aromatic nitrogens is 5. The van der Waals surface area contributed by atoms with Gasteiger partial charge in [0.15, 0.2) is 22.8 Å². The first-order valence-electron chi connectivity index (χ1n) is 9.76. The van der Waals surface area contributed by atoms with Gasteiger partial charge in [0.05, 0.1) is 35.2 Å². The maximum Gasteiger partial charge on any atom is 0.269 e. The quantitative estimate of drug-likeness (QED) is 0.169. The fraction of sp³-hybridized carbons (Fsp3) is 0.0455. The highest BCUT2D eigenvalue weighted by molar-refractivity contribution is 6.28. The number of nitrogens with zero attached hydrogens (tertiary/aromatic N) is 6. The molecule has 0 saturated carbocycles. The number of Topliss-reactive ketones (excluding diaryl/α,β-unsaturated/α-hetero) is 1. The summed E-state index contributed by atoms with van der Waals surface area (Å²) >= 11 is 6.15. The van der Waals surface area contributed by atoms with Crippen molar-refractivity contribution in [1.29, 1.82) is 0 Å². The second-order valence-electron chi connectivity index (χ2n) is 7.15. The number of non-ortho nitro benzene ring substituents is 1. The third-order valence-corrected chi connectivity index (χ3v) is 5.17. The van der Waals surface area contributed by atoms with Crippen LogP contribution in [-0.2, 0) is 6.54 Å². The maximum atomic E-state index is 12.7. The van der Waals surface area contributed by atoms with Gasteiger partial charge in [-0.3, -0.25) is 19.9 Å². The number of nitro benzene ring substituents is 1. The van der Waals surface area contributed by atoms with Crippen LogP contribution in [0.25, 0.3) is 22.1 Å². The number of fused-ring (bicyclic) bond motifs is 2. The number of carbonyl (C=O) groups excluding carboxylic acids is 1. The van der Waals surface area contributed by atoms with Crippen LogP contribution in [0.2, 0.25) is 5.28 Å². The topological polar surface area (TPSA) is 129 Å². The molecule has 0 aliphatic heterocycles. The highest BCUT2D eigenvalue weighted by Crippen LogP contribution is 2.26. The Labute approximate surface area is 191 Å². The van der Waals surface area contributed by atoms with Crippen molar-refractivity contribution in [2.24, 2.45) is 0 Å². The lowest BCUT2D eigenvalue weighted by molar-refractivity contribution is -0.384. The van der Waals surface area contributed by atoms with Gasteiger partial charge in [-0.25, -0.2) is 4.98 Å². The zero-order valence-electron chi connectivity index (χ0n) is 16.8. The van der Waals surface area contributed by atoms with Crippen LogP contribution < -0.4 is 5.32 Å². The van der Waals surface area contributed by atoms with Crippen LogP contribution in [0.5, 0.6) is 0 Å². The van der Waals surface area contributed by atoms with E-state index < -0.39 is 4.92 Å². The minimum atomic E-state index is -0.518.